The van der Waals surface area contributed by atoms with E-state index >= 15 is 0 Å². The van der Waals surface area contributed by atoms with Gasteiger partial charge in [-0.1, -0.05) is 29.3 Å². The number of hydrogen-bond acceptors (Lipinski definition) is 5. The van der Waals surface area contributed by atoms with Gasteiger partial charge in [-0.05, 0) is 29.8 Å². The SMILES string of the molecule is COc1cccc(CC(=O)ON2C(=O)c3ccccc3C2=O)c1. The number of fused-ring (bicyclic) bond motifs is 1. The molecule has 0 bridgehead atoms. The van der Waals surface area contributed by atoms with E-state index in [1.54, 1.807) is 36.4 Å². The van der Waals surface area contributed by atoms with Gasteiger partial charge in [-0.2, -0.15) is 0 Å². The summed E-state index contributed by atoms with van der Waals surface area (Å²) in [5.41, 5.74) is 1.12. The van der Waals surface area contributed by atoms with Crippen LogP contribution in [0.15, 0.2) is 48.5 Å². The third-order valence-corrected chi connectivity index (χ3v) is 3.43. The van der Waals surface area contributed by atoms with Crippen molar-refractivity contribution in [3.63, 3.8) is 0 Å². The minimum atomic E-state index is -0.701. The lowest BCUT2D eigenvalue weighted by Crippen LogP contribution is -2.33. The zero-order valence-electron chi connectivity index (χ0n) is 12.3. The number of hydrogen-bond donors (Lipinski definition) is 0. The Balaban J connectivity index is 1.71. The van der Waals surface area contributed by atoms with Gasteiger partial charge in [0.1, 0.15) is 5.75 Å². The average Bonchev–Trinajstić information content (AvgIpc) is 2.80. The number of methoxy groups -OCH3 is 1. The fraction of sp³-hybridized carbons (Fsp3) is 0.118. The molecule has 0 N–H and O–H groups in total. The van der Waals surface area contributed by atoms with Crippen LogP contribution in [0, 0.1) is 0 Å². The molecule has 0 saturated carbocycles. The van der Waals surface area contributed by atoms with Crippen molar-refractivity contribution < 1.29 is 24.0 Å². The average molecular weight is 311 g/mol. The fourth-order valence-electron chi connectivity index (χ4n) is 2.33. The van der Waals surface area contributed by atoms with E-state index in [1.165, 1.54) is 19.2 Å². The Labute approximate surface area is 132 Å². The summed E-state index contributed by atoms with van der Waals surface area (Å²) >= 11 is 0. The second kappa shape index (κ2) is 5.92. The molecule has 0 unspecified atom stereocenters. The maximum absolute atomic E-state index is 12.1. The van der Waals surface area contributed by atoms with Gasteiger partial charge in [0.25, 0.3) is 11.8 Å². The van der Waals surface area contributed by atoms with E-state index in [1.807, 2.05) is 0 Å². The largest absolute Gasteiger partial charge is 0.497 e. The Morgan fingerprint density at radius 3 is 2.26 bits per heavy atom. The molecule has 1 aliphatic rings. The summed E-state index contributed by atoms with van der Waals surface area (Å²) in [5.74, 6) is -1.36. The molecule has 2 aromatic rings. The highest BCUT2D eigenvalue weighted by atomic mass is 16.7. The molecule has 3 rings (SSSR count). The summed E-state index contributed by atoms with van der Waals surface area (Å²) in [7, 11) is 1.52. The molecule has 0 aliphatic carbocycles. The highest BCUT2D eigenvalue weighted by Gasteiger charge is 2.38. The number of ether oxygens (including phenoxy) is 1. The van der Waals surface area contributed by atoms with Crippen LogP contribution in [-0.2, 0) is 16.1 Å². The molecule has 0 radical (unpaired) electrons. The van der Waals surface area contributed by atoms with Crippen molar-refractivity contribution in [1.29, 1.82) is 0 Å². The number of rotatable bonds is 4. The molecular weight excluding hydrogens is 298 g/mol. The second-order valence-electron chi connectivity index (χ2n) is 4.94. The number of hydroxylamine groups is 2. The number of amides is 2. The van der Waals surface area contributed by atoms with Crippen molar-refractivity contribution in [1.82, 2.24) is 5.06 Å². The van der Waals surface area contributed by atoms with Crippen molar-refractivity contribution >= 4 is 17.8 Å². The first-order valence-corrected chi connectivity index (χ1v) is 6.91. The highest BCUT2D eigenvalue weighted by Crippen LogP contribution is 2.23. The Morgan fingerprint density at radius 1 is 1.00 bits per heavy atom. The Kier molecular flexibility index (Phi) is 3.80. The predicted molar refractivity (Wildman–Crippen MR) is 79.7 cm³/mol. The molecule has 0 atom stereocenters. The van der Waals surface area contributed by atoms with Crippen LogP contribution in [0.2, 0.25) is 0 Å². The standard InChI is InChI=1S/C17H13NO5/c1-22-12-6-4-5-11(9-12)10-15(19)23-18-16(20)13-7-2-3-8-14(13)17(18)21/h2-9H,10H2,1H3. The molecule has 0 saturated heterocycles. The van der Waals surface area contributed by atoms with Gasteiger partial charge in [0, 0.05) is 0 Å². The number of carbonyl (C=O) groups is 3. The van der Waals surface area contributed by atoms with Crippen molar-refractivity contribution in [2.75, 3.05) is 7.11 Å². The van der Waals surface area contributed by atoms with Gasteiger partial charge < -0.3 is 9.57 Å². The first-order chi connectivity index (χ1) is 11.1. The lowest BCUT2D eigenvalue weighted by Gasteiger charge is -2.12. The molecule has 0 spiro atoms. The topological polar surface area (TPSA) is 72.9 Å². The number of imide groups is 1. The van der Waals surface area contributed by atoms with Gasteiger partial charge >= 0.3 is 5.97 Å². The van der Waals surface area contributed by atoms with Crippen LogP contribution in [-0.4, -0.2) is 30.0 Å². The smallest absolute Gasteiger partial charge is 0.337 e. The summed E-state index contributed by atoms with van der Waals surface area (Å²) in [6, 6.07) is 13.2. The van der Waals surface area contributed by atoms with Crippen molar-refractivity contribution in [3.8, 4) is 5.75 Å². The van der Waals surface area contributed by atoms with Crippen molar-refractivity contribution in [2.45, 2.75) is 6.42 Å². The fourth-order valence-corrected chi connectivity index (χ4v) is 2.33. The van der Waals surface area contributed by atoms with Gasteiger partial charge in [-0.25, -0.2) is 4.79 Å². The van der Waals surface area contributed by atoms with Gasteiger partial charge in [0.05, 0.1) is 24.7 Å². The van der Waals surface area contributed by atoms with Gasteiger partial charge in [-0.3, -0.25) is 9.59 Å². The summed E-state index contributed by atoms with van der Waals surface area (Å²) in [4.78, 5) is 41.2. The normalized spacial score (nSPS) is 13.0. The third-order valence-electron chi connectivity index (χ3n) is 3.43. The maximum Gasteiger partial charge on any atom is 0.337 e. The van der Waals surface area contributed by atoms with E-state index < -0.39 is 17.8 Å². The molecule has 116 valence electrons. The predicted octanol–water partition coefficient (Wildman–Crippen LogP) is 1.99. The maximum atomic E-state index is 12.1. The molecule has 0 fully saturated rings. The first kappa shape index (κ1) is 14.8. The Hall–Kier alpha value is -3.15. The first-order valence-electron chi connectivity index (χ1n) is 6.91. The minimum Gasteiger partial charge on any atom is -0.497 e. The van der Waals surface area contributed by atoms with E-state index in [9.17, 15) is 14.4 Å². The van der Waals surface area contributed by atoms with Crippen LogP contribution in [0.5, 0.6) is 5.75 Å². The minimum absolute atomic E-state index is 0.0788. The molecule has 0 aromatic heterocycles. The van der Waals surface area contributed by atoms with Gasteiger partial charge in [0.15, 0.2) is 0 Å². The summed E-state index contributed by atoms with van der Waals surface area (Å²) in [6.07, 6.45) is -0.0788. The van der Waals surface area contributed by atoms with Crippen LogP contribution in [0.25, 0.3) is 0 Å². The van der Waals surface area contributed by atoms with Crippen LogP contribution >= 0.6 is 0 Å². The lowest BCUT2D eigenvalue weighted by atomic mass is 10.1. The van der Waals surface area contributed by atoms with E-state index in [2.05, 4.69) is 0 Å². The summed E-state index contributed by atoms with van der Waals surface area (Å²) < 4.78 is 5.08. The summed E-state index contributed by atoms with van der Waals surface area (Å²) in [6.45, 7) is 0. The number of nitrogens with zero attached hydrogens (tertiary/aromatic N) is 1. The molecule has 6 heteroatoms. The molecule has 6 nitrogen and oxygen atoms in total. The molecule has 1 heterocycles. The third kappa shape index (κ3) is 2.78. The van der Waals surface area contributed by atoms with Crippen LogP contribution in [0.4, 0.5) is 0 Å². The van der Waals surface area contributed by atoms with Crippen molar-refractivity contribution in [3.05, 3.63) is 65.2 Å². The summed E-state index contributed by atoms with van der Waals surface area (Å²) in [5, 5.41) is 0.507. The lowest BCUT2D eigenvalue weighted by molar-refractivity contribution is -0.167. The van der Waals surface area contributed by atoms with Gasteiger partial charge in [-0.15, -0.1) is 0 Å². The van der Waals surface area contributed by atoms with Crippen molar-refractivity contribution in [2.24, 2.45) is 0 Å². The second-order valence-corrected chi connectivity index (χ2v) is 4.94. The number of carbonyl (C=O) groups excluding carboxylic acids is 3. The Morgan fingerprint density at radius 2 is 1.65 bits per heavy atom. The van der Waals surface area contributed by atoms with Crippen LogP contribution < -0.4 is 4.74 Å². The molecule has 2 amide bonds. The Bertz CT molecular complexity index is 764. The van der Waals surface area contributed by atoms with E-state index in [0.29, 0.717) is 16.4 Å². The zero-order valence-corrected chi connectivity index (χ0v) is 12.3. The zero-order chi connectivity index (χ0) is 16.4. The molecule has 1 aliphatic heterocycles. The molecular formula is C17H13NO5. The quantitative estimate of drug-likeness (QED) is 0.807. The number of benzene rings is 2. The van der Waals surface area contributed by atoms with Crippen LogP contribution in [0.1, 0.15) is 26.3 Å². The van der Waals surface area contributed by atoms with E-state index in [-0.39, 0.29) is 17.5 Å². The molecule has 23 heavy (non-hydrogen) atoms. The van der Waals surface area contributed by atoms with Gasteiger partial charge in [0.2, 0.25) is 0 Å². The highest BCUT2D eigenvalue weighted by molar-refractivity contribution is 6.20. The van der Waals surface area contributed by atoms with Crippen LogP contribution in [0.3, 0.4) is 0 Å². The monoisotopic (exact) mass is 311 g/mol. The molecule has 2 aromatic carbocycles. The van der Waals surface area contributed by atoms with E-state index in [0.717, 1.165) is 0 Å². The van der Waals surface area contributed by atoms with E-state index in [4.69, 9.17) is 9.57 Å².